The summed E-state index contributed by atoms with van der Waals surface area (Å²) in [5.41, 5.74) is 2.52. The van der Waals surface area contributed by atoms with Gasteiger partial charge in [0.1, 0.15) is 0 Å². The van der Waals surface area contributed by atoms with Crippen LogP contribution < -0.4 is 9.47 Å². The van der Waals surface area contributed by atoms with Crippen LogP contribution in [0.4, 0.5) is 0 Å². The smallest absolute Gasteiger partial charge is 0.226 e. The van der Waals surface area contributed by atoms with E-state index in [1.807, 2.05) is 0 Å². The van der Waals surface area contributed by atoms with Crippen molar-refractivity contribution in [1.29, 1.82) is 0 Å². The van der Waals surface area contributed by atoms with E-state index in [1.54, 1.807) is 14.2 Å². The summed E-state index contributed by atoms with van der Waals surface area (Å²) in [6.07, 6.45) is 8.45. The van der Waals surface area contributed by atoms with Gasteiger partial charge in [-0.2, -0.15) is 0 Å². The highest BCUT2D eigenvalue weighted by Gasteiger charge is 2.44. The molecule has 0 bridgehead atoms. The highest BCUT2D eigenvalue weighted by molar-refractivity contribution is 5.81. The Hall–Kier alpha value is -1.97. The lowest BCUT2D eigenvalue weighted by Crippen LogP contribution is -2.50. The first-order valence-corrected chi connectivity index (χ1v) is 8.45. The summed E-state index contributed by atoms with van der Waals surface area (Å²) in [5, 5.41) is 0. The first kappa shape index (κ1) is 14.6. The number of allylic oxidation sites excluding steroid dienone is 2. The number of amides is 1. The average molecular weight is 313 g/mol. The van der Waals surface area contributed by atoms with Crippen LogP contribution in [0.1, 0.15) is 36.4 Å². The summed E-state index contributed by atoms with van der Waals surface area (Å²) in [6, 6.07) is 4.33. The van der Waals surface area contributed by atoms with Gasteiger partial charge in [0.05, 0.1) is 20.3 Å². The number of carbonyl (C=O) groups excluding carboxylic acids is 1. The molecule has 3 aliphatic rings. The Bertz CT molecular complexity index is 667. The fourth-order valence-corrected chi connectivity index (χ4v) is 4.46. The third-order valence-corrected chi connectivity index (χ3v) is 5.64. The minimum atomic E-state index is 0.176. The Labute approximate surface area is 137 Å². The van der Waals surface area contributed by atoms with Crippen molar-refractivity contribution in [3.8, 4) is 11.5 Å². The van der Waals surface area contributed by atoms with E-state index >= 15 is 0 Å². The number of fused-ring (bicyclic) bond motifs is 4. The van der Waals surface area contributed by atoms with Gasteiger partial charge in [-0.15, -0.1) is 0 Å². The number of nitrogens with zero attached hydrogens (tertiary/aromatic N) is 1. The normalized spacial score (nSPS) is 28.7. The number of methoxy groups -OCH3 is 2. The standard InChI is InChI=1S/C19H23NO3/c1-22-17-10-13-7-8-20-16(15(13)11-18(17)23-2)9-12-5-3-4-6-14(12)19(20)21/h3,5,10-12,14,16H,4,6-9H2,1-2H3/t12-,14-,16-/m0/s1. The number of piperidine rings is 1. The van der Waals surface area contributed by atoms with Crippen molar-refractivity contribution in [1.82, 2.24) is 4.90 Å². The van der Waals surface area contributed by atoms with Gasteiger partial charge in [-0.1, -0.05) is 12.2 Å². The predicted octanol–water partition coefficient (Wildman–Crippen LogP) is 3.12. The van der Waals surface area contributed by atoms with Crippen LogP contribution in [0.5, 0.6) is 11.5 Å². The van der Waals surface area contributed by atoms with Crippen LogP contribution in [-0.2, 0) is 11.2 Å². The monoisotopic (exact) mass is 313 g/mol. The van der Waals surface area contributed by atoms with E-state index in [-0.39, 0.29) is 12.0 Å². The second-order valence-corrected chi connectivity index (χ2v) is 6.71. The SMILES string of the molecule is COc1cc2c(cc1OC)[C@@H]1C[C@@H]3C=CCC[C@@H]3C(=O)N1CC2. The molecule has 1 aromatic carbocycles. The van der Waals surface area contributed by atoms with Gasteiger partial charge in [-0.25, -0.2) is 0 Å². The maximum Gasteiger partial charge on any atom is 0.226 e. The number of carbonyl (C=O) groups is 1. The lowest BCUT2D eigenvalue weighted by Gasteiger charge is -2.47. The molecule has 1 aliphatic carbocycles. The van der Waals surface area contributed by atoms with E-state index in [4.69, 9.17) is 9.47 Å². The summed E-state index contributed by atoms with van der Waals surface area (Å²) < 4.78 is 10.9. The zero-order valence-electron chi connectivity index (χ0n) is 13.7. The van der Waals surface area contributed by atoms with Gasteiger partial charge in [-0.3, -0.25) is 4.79 Å². The summed E-state index contributed by atoms with van der Waals surface area (Å²) in [6.45, 7) is 0.818. The van der Waals surface area contributed by atoms with Crippen molar-refractivity contribution in [2.24, 2.45) is 11.8 Å². The quantitative estimate of drug-likeness (QED) is 0.788. The molecular weight excluding hydrogens is 290 g/mol. The molecule has 0 unspecified atom stereocenters. The lowest BCUT2D eigenvalue weighted by atomic mass is 9.72. The fourth-order valence-electron chi connectivity index (χ4n) is 4.46. The number of rotatable bonds is 2. The third-order valence-electron chi connectivity index (χ3n) is 5.64. The van der Waals surface area contributed by atoms with Crippen LogP contribution in [-0.4, -0.2) is 31.6 Å². The van der Waals surface area contributed by atoms with Crippen LogP contribution in [0.3, 0.4) is 0 Å². The molecule has 0 spiro atoms. The van der Waals surface area contributed by atoms with E-state index < -0.39 is 0 Å². The molecular formula is C19H23NO3. The maximum atomic E-state index is 12.9. The Morgan fingerprint density at radius 3 is 2.74 bits per heavy atom. The van der Waals surface area contributed by atoms with Gasteiger partial charge >= 0.3 is 0 Å². The fraction of sp³-hybridized carbons (Fsp3) is 0.526. The number of hydrogen-bond donors (Lipinski definition) is 0. The van der Waals surface area contributed by atoms with Gasteiger partial charge in [-0.05, 0) is 54.9 Å². The van der Waals surface area contributed by atoms with Crippen LogP contribution in [0, 0.1) is 11.8 Å². The molecule has 0 N–H and O–H groups in total. The van der Waals surface area contributed by atoms with Crippen molar-refractivity contribution >= 4 is 5.91 Å². The Kier molecular flexibility index (Phi) is 3.55. The molecule has 0 saturated carbocycles. The molecule has 1 saturated heterocycles. The molecule has 23 heavy (non-hydrogen) atoms. The molecule has 2 heterocycles. The van der Waals surface area contributed by atoms with E-state index in [2.05, 4.69) is 29.2 Å². The Balaban J connectivity index is 1.75. The van der Waals surface area contributed by atoms with E-state index in [0.717, 1.165) is 43.7 Å². The largest absolute Gasteiger partial charge is 0.493 e. The van der Waals surface area contributed by atoms with Gasteiger partial charge < -0.3 is 14.4 Å². The zero-order chi connectivity index (χ0) is 16.0. The van der Waals surface area contributed by atoms with E-state index in [1.165, 1.54) is 11.1 Å². The van der Waals surface area contributed by atoms with Crippen LogP contribution in [0.25, 0.3) is 0 Å². The summed E-state index contributed by atoms with van der Waals surface area (Å²) in [7, 11) is 3.33. The topological polar surface area (TPSA) is 38.8 Å². The van der Waals surface area contributed by atoms with Crippen molar-refractivity contribution in [3.05, 3.63) is 35.4 Å². The third kappa shape index (κ3) is 2.23. The van der Waals surface area contributed by atoms with Crippen LogP contribution >= 0.6 is 0 Å². The predicted molar refractivity (Wildman–Crippen MR) is 87.7 cm³/mol. The summed E-state index contributed by atoms with van der Waals surface area (Å²) in [4.78, 5) is 15.0. The molecule has 3 atom stereocenters. The van der Waals surface area contributed by atoms with E-state index in [9.17, 15) is 4.79 Å². The van der Waals surface area contributed by atoms with Gasteiger partial charge in [0.25, 0.3) is 0 Å². The second-order valence-electron chi connectivity index (χ2n) is 6.71. The van der Waals surface area contributed by atoms with Gasteiger partial charge in [0.2, 0.25) is 5.91 Å². The first-order chi connectivity index (χ1) is 11.2. The highest BCUT2D eigenvalue weighted by Crippen LogP contribution is 2.47. The Morgan fingerprint density at radius 2 is 1.96 bits per heavy atom. The molecule has 0 radical (unpaired) electrons. The molecule has 1 fully saturated rings. The molecule has 122 valence electrons. The van der Waals surface area contributed by atoms with Gasteiger partial charge in [0.15, 0.2) is 11.5 Å². The van der Waals surface area contributed by atoms with Crippen LogP contribution in [0.15, 0.2) is 24.3 Å². The Morgan fingerprint density at radius 1 is 1.17 bits per heavy atom. The van der Waals surface area contributed by atoms with Gasteiger partial charge in [0, 0.05) is 12.5 Å². The van der Waals surface area contributed by atoms with Crippen molar-refractivity contribution in [3.63, 3.8) is 0 Å². The first-order valence-electron chi connectivity index (χ1n) is 8.45. The number of benzene rings is 1. The van der Waals surface area contributed by atoms with Crippen LogP contribution in [0.2, 0.25) is 0 Å². The lowest BCUT2D eigenvalue weighted by molar-refractivity contribution is -0.145. The van der Waals surface area contributed by atoms with Crippen molar-refractivity contribution < 1.29 is 14.3 Å². The molecule has 1 aromatic rings. The molecule has 4 nitrogen and oxygen atoms in total. The molecule has 1 amide bonds. The minimum Gasteiger partial charge on any atom is -0.493 e. The molecule has 0 aromatic heterocycles. The maximum absolute atomic E-state index is 12.9. The minimum absolute atomic E-state index is 0.176. The molecule has 2 aliphatic heterocycles. The second kappa shape index (κ2) is 5.59. The zero-order valence-corrected chi connectivity index (χ0v) is 13.7. The average Bonchev–Trinajstić information content (AvgIpc) is 2.60. The summed E-state index contributed by atoms with van der Waals surface area (Å²) in [5.74, 6) is 2.45. The summed E-state index contributed by atoms with van der Waals surface area (Å²) >= 11 is 0. The van der Waals surface area contributed by atoms with Crippen molar-refractivity contribution in [2.45, 2.75) is 31.7 Å². The molecule has 4 heteroatoms. The number of hydrogen-bond acceptors (Lipinski definition) is 3. The van der Waals surface area contributed by atoms with Crippen molar-refractivity contribution in [2.75, 3.05) is 20.8 Å². The highest BCUT2D eigenvalue weighted by atomic mass is 16.5. The van der Waals surface area contributed by atoms with E-state index in [0.29, 0.717) is 11.8 Å². The molecule has 4 rings (SSSR count). The number of ether oxygens (including phenoxy) is 2.